The van der Waals surface area contributed by atoms with Gasteiger partial charge in [0, 0.05) is 42.2 Å². The van der Waals surface area contributed by atoms with Gasteiger partial charge < -0.3 is 4.57 Å². The first kappa shape index (κ1) is 30.7. The molecule has 0 bridgehead atoms. The lowest BCUT2D eigenvalue weighted by Gasteiger charge is -2.16. The van der Waals surface area contributed by atoms with Gasteiger partial charge in [-0.1, -0.05) is 152 Å². The molecule has 11 aromatic rings. The molecule has 55 heavy (non-hydrogen) atoms. The summed E-state index contributed by atoms with van der Waals surface area (Å²) in [6.45, 7) is 0. The van der Waals surface area contributed by atoms with Crippen LogP contribution in [-0.2, 0) is 0 Å². The van der Waals surface area contributed by atoms with Gasteiger partial charge in [-0.2, -0.15) is 0 Å². The van der Waals surface area contributed by atoms with E-state index in [0.29, 0.717) is 0 Å². The van der Waals surface area contributed by atoms with Crippen molar-refractivity contribution in [2.24, 2.45) is 0 Å². The molecule has 2 heterocycles. The molecule has 1 atom stereocenters. The molecule has 0 fully saturated rings. The number of thiophene rings is 1. The highest BCUT2D eigenvalue weighted by atomic mass is 32.1. The first-order valence-electron chi connectivity index (χ1n) is 19.0. The zero-order valence-corrected chi connectivity index (χ0v) is 30.7. The maximum absolute atomic E-state index is 2.50. The predicted octanol–water partition coefficient (Wildman–Crippen LogP) is 14.8. The van der Waals surface area contributed by atoms with E-state index in [1.165, 1.54) is 109 Å². The lowest BCUT2D eigenvalue weighted by molar-refractivity contribution is 1.02. The summed E-state index contributed by atoms with van der Waals surface area (Å²) in [6, 6.07) is 72.1. The van der Waals surface area contributed by atoms with Crippen molar-refractivity contribution in [3.05, 3.63) is 211 Å². The molecule has 256 valence electrons. The van der Waals surface area contributed by atoms with Crippen LogP contribution < -0.4 is 0 Å². The SMILES string of the molecule is c1ccc(-c2cccc(C3c4ccccc4-c4cc(-c5ccc6c(c5)c5c7c(ccc5n6-c5cccc6ccccc56)sc5ccccc57)ccc43)c2)cc1. The van der Waals surface area contributed by atoms with Crippen molar-refractivity contribution < 1.29 is 0 Å². The van der Waals surface area contributed by atoms with E-state index in [-0.39, 0.29) is 5.92 Å². The molecule has 2 heteroatoms. The predicted molar refractivity (Wildman–Crippen MR) is 235 cm³/mol. The van der Waals surface area contributed by atoms with E-state index in [2.05, 4.69) is 199 Å². The van der Waals surface area contributed by atoms with E-state index < -0.39 is 0 Å². The number of aromatic nitrogens is 1. The number of benzene rings is 9. The molecule has 0 saturated carbocycles. The van der Waals surface area contributed by atoms with Crippen LogP contribution in [0.15, 0.2) is 194 Å². The molecular formula is C53H33NS. The van der Waals surface area contributed by atoms with E-state index in [9.17, 15) is 0 Å². The van der Waals surface area contributed by atoms with Crippen molar-refractivity contribution in [2.75, 3.05) is 0 Å². The summed E-state index contributed by atoms with van der Waals surface area (Å²) in [6.07, 6.45) is 0. The number of nitrogens with zero attached hydrogens (tertiary/aromatic N) is 1. The lowest BCUT2D eigenvalue weighted by atomic mass is 9.87. The van der Waals surface area contributed by atoms with Crippen LogP contribution in [0.4, 0.5) is 0 Å². The van der Waals surface area contributed by atoms with Gasteiger partial charge in [-0.15, -0.1) is 11.3 Å². The number of hydrogen-bond acceptors (Lipinski definition) is 1. The molecule has 2 aromatic heterocycles. The molecule has 1 aliphatic carbocycles. The van der Waals surface area contributed by atoms with E-state index >= 15 is 0 Å². The molecule has 0 radical (unpaired) electrons. The summed E-state index contributed by atoms with van der Waals surface area (Å²) in [5.74, 6) is 0.185. The molecule has 9 aromatic carbocycles. The minimum absolute atomic E-state index is 0.185. The van der Waals surface area contributed by atoms with Crippen LogP contribution in [0.5, 0.6) is 0 Å². The maximum atomic E-state index is 2.50. The molecular weight excluding hydrogens is 683 g/mol. The van der Waals surface area contributed by atoms with Crippen LogP contribution in [0.3, 0.4) is 0 Å². The smallest absolute Gasteiger partial charge is 0.0548 e. The second kappa shape index (κ2) is 11.9. The molecule has 1 aliphatic rings. The van der Waals surface area contributed by atoms with Crippen LogP contribution in [0.1, 0.15) is 22.6 Å². The summed E-state index contributed by atoms with van der Waals surface area (Å²) in [7, 11) is 0. The Labute approximate surface area is 323 Å². The number of hydrogen-bond donors (Lipinski definition) is 0. The second-order valence-electron chi connectivity index (χ2n) is 14.8. The van der Waals surface area contributed by atoms with E-state index in [4.69, 9.17) is 0 Å². The summed E-state index contributed by atoms with van der Waals surface area (Å²) < 4.78 is 5.15. The molecule has 0 aliphatic heterocycles. The van der Waals surface area contributed by atoms with Gasteiger partial charge in [-0.25, -0.2) is 0 Å². The fraction of sp³-hybridized carbons (Fsp3) is 0.0189. The molecule has 0 spiro atoms. The van der Waals surface area contributed by atoms with Crippen molar-refractivity contribution in [3.63, 3.8) is 0 Å². The average Bonchev–Trinajstić information content (AvgIpc) is 3.91. The Morgan fingerprint density at radius 3 is 2.02 bits per heavy atom. The largest absolute Gasteiger partial charge is 0.309 e. The second-order valence-corrected chi connectivity index (χ2v) is 15.9. The van der Waals surface area contributed by atoms with Crippen LogP contribution in [0.25, 0.3) is 91.8 Å². The Kier molecular flexibility index (Phi) is 6.63. The Balaban J connectivity index is 1.08. The highest BCUT2D eigenvalue weighted by Crippen LogP contribution is 2.50. The van der Waals surface area contributed by atoms with Crippen molar-refractivity contribution in [2.45, 2.75) is 5.92 Å². The topological polar surface area (TPSA) is 4.93 Å². The lowest BCUT2D eigenvalue weighted by Crippen LogP contribution is -1.99. The van der Waals surface area contributed by atoms with Crippen molar-refractivity contribution in [1.29, 1.82) is 0 Å². The first-order chi connectivity index (χ1) is 27.3. The van der Waals surface area contributed by atoms with E-state index in [1.54, 1.807) is 0 Å². The van der Waals surface area contributed by atoms with Crippen LogP contribution in [-0.4, -0.2) is 4.57 Å². The highest BCUT2D eigenvalue weighted by Gasteiger charge is 2.30. The normalized spacial score (nSPS) is 13.6. The molecule has 1 unspecified atom stereocenters. The third-order valence-electron chi connectivity index (χ3n) is 11.9. The third-order valence-corrected chi connectivity index (χ3v) is 13.0. The third kappa shape index (κ3) is 4.59. The van der Waals surface area contributed by atoms with Crippen LogP contribution in [0.2, 0.25) is 0 Å². The summed E-state index contributed by atoms with van der Waals surface area (Å²) in [4.78, 5) is 0. The van der Waals surface area contributed by atoms with Crippen molar-refractivity contribution in [3.8, 4) is 39.1 Å². The zero-order chi connectivity index (χ0) is 36.0. The highest BCUT2D eigenvalue weighted by molar-refractivity contribution is 7.26. The van der Waals surface area contributed by atoms with Gasteiger partial charge in [0.15, 0.2) is 0 Å². The summed E-state index contributed by atoms with van der Waals surface area (Å²) >= 11 is 1.89. The van der Waals surface area contributed by atoms with Gasteiger partial charge in [0.2, 0.25) is 0 Å². The average molecular weight is 716 g/mol. The molecule has 0 saturated heterocycles. The molecule has 0 N–H and O–H groups in total. The first-order valence-corrected chi connectivity index (χ1v) is 19.9. The quantitative estimate of drug-likeness (QED) is 0.171. The zero-order valence-electron chi connectivity index (χ0n) is 29.9. The molecule has 12 rings (SSSR count). The molecule has 0 amide bonds. The van der Waals surface area contributed by atoms with Gasteiger partial charge in [-0.05, 0) is 97.9 Å². The fourth-order valence-electron chi connectivity index (χ4n) is 9.44. The van der Waals surface area contributed by atoms with Crippen molar-refractivity contribution in [1.82, 2.24) is 4.57 Å². The Bertz CT molecular complexity index is 3320. The standard InChI is InChI=1S/C53H33NS/c1-2-12-33(13-3-1)35-16-10-17-38(30-35)51-41-20-7-6-19-40(41)44-31-36(24-26-42(44)51)37-25-27-47-45(32-37)52-48(28-29-50-53(52)43-21-8-9-23-49(43)55-50)54(47)46-22-11-15-34-14-4-5-18-39(34)46/h1-32,51H. The van der Waals surface area contributed by atoms with Gasteiger partial charge in [0.05, 0.1) is 16.7 Å². The number of fused-ring (bicyclic) bond motifs is 11. The van der Waals surface area contributed by atoms with Gasteiger partial charge in [-0.3, -0.25) is 0 Å². The Morgan fingerprint density at radius 2 is 1.07 bits per heavy atom. The maximum Gasteiger partial charge on any atom is 0.0548 e. The van der Waals surface area contributed by atoms with E-state index in [0.717, 1.165) is 0 Å². The van der Waals surface area contributed by atoms with E-state index in [1.807, 2.05) is 11.3 Å². The van der Waals surface area contributed by atoms with Gasteiger partial charge >= 0.3 is 0 Å². The number of rotatable bonds is 4. The van der Waals surface area contributed by atoms with Crippen LogP contribution >= 0.6 is 11.3 Å². The van der Waals surface area contributed by atoms with Crippen LogP contribution in [0, 0.1) is 0 Å². The summed E-state index contributed by atoms with van der Waals surface area (Å²) in [5, 5.41) is 7.78. The van der Waals surface area contributed by atoms with Crippen molar-refractivity contribution >= 4 is 64.1 Å². The molecule has 1 nitrogen and oxygen atoms in total. The summed E-state index contributed by atoms with van der Waals surface area (Å²) in [5.41, 5.74) is 15.4. The Hall–Kier alpha value is -6.74. The van der Waals surface area contributed by atoms with Gasteiger partial charge in [0.25, 0.3) is 0 Å². The monoisotopic (exact) mass is 715 g/mol. The minimum atomic E-state index is 0.185. The fourth-order valence-corrected chi connectivity index (χ4v) is 10.6. The Morgan fingerprint density at radius 1 is 0.382 bits per heavy atom. The minimum Gasteiger partial charge on any atom is -0.309 e. The van der Waals surface area contributed by atoms with Gasteiger partial charge in [0.1, 0.15) is 0 Å².